The van der Waals surface area contributed by atoms with Crippen molar-refractivity contribution in [3.63, 3.8) is 0 Å². The van der Waals surface area contributed by atoms with Crippen LogP contribution in [0.4, 0.5) is 10.5 Å². The van der Waals surface area contributed by atoms with Crippen LogP contribution in [0.3, 0.4) is 0 Å². The number of aryl methyl sites for hydroxylation is 1. The van der Waals surface area contributed by atoms with Crippen molar-refractivity contribution >= 4 is 39.3 Å². The van der Waals surface area contributed by atoms with E-state index in [-0.39, 0.29) is 29.4 Å². The molecule has 3 atom stereocenters. The molecule has 238 valence electrons. The van der Waals surface area contributed by atoms with Gasteiger partial charge in [-0.15, -0.1) is 0 Å². The Morgan fingerprint density at radius 2 is 1.95 bits per heavy atom. The van der Waals surface area contributed by atoms with E-state index in [9.17, 15) is 18.0 Å². The molecule has 3 aliphatic rings. The quantitative estimate of drug-likeness (QED) is 0.416. The Morgan fingerprint density at radius 3 is 2.70 bits per heavy atom. The summed E-state index contributed by atoms with van der Waals surface area (Å²) in [5.41, 5.74) is 1.35. The van der Waals surface area contributed by atoms with E-state index in [1.165, 1.54) is 27.0 Å². The summed E-state index contributed by atoms with van der Waals surface area (Å²) in [5, 5.41) is 3.63. The van der Waals surface area contributed by atoms with Gasteiger partial charge in [-0.05, 0) is 99.2 Å². The Labute approximate surface area is 264 Å². The highest BCUT2D eigenvalue weighted by Crippen LogP contribution is 2.41. The molecule has 44 heavy (non-hydrogen) atoms. The van der Waals surface area contributed by atoms with Gasteiger partial charge in [0.2, 0.25) is 0 Å². The van der Waals surface area contributed by atoms with Gasteiger partial charge < -0.3 is 24.4 Å². The lowest BCUT2D eigenvalue weighted by atomic mass is 9.69. The summed E-state index contributed by atoms with van der Waals surface area (Å²) in [6, 6.07) is 10.2. The molecule has 0 unspecified atom stereocenters. The van der Waals surface area contributed by atoms with E-state index >= 15 is 0 Å². The van der Waals surface area contributed by atoms with Gasteiger partial charge in [-0.25, -0.2) is 17.9 Å². The minimum absolute atomic E-state index is 0.0431. The number of nitrogens with zero attached hydrogens (tertiary/aromatic N) is 1. The van der Waals surface area contributed by atoms with Crippen LogP contribution in [-0.2, 0) is 37.3 Å². The average Bonchev–Trinajstić information content (AvgIpc) is 2.99. The topological polar surface area (TPSA) is 123 Å². The molecular weight excluding hydrogens is 606 g/mol. The first kappa shape index (κ1) is 32.1. The Balaban J connectivity index is 1.56. The van der Waals surface area contributed by atoms with Crippen molar-refractivity contribution in [1.82, 2.24) is 10.0 Å². The number of hydrogen-bond donors (Lipinski definition) is 2. The lowest BCUT2D eigenvalue weighted by Gasteiger charge is -2.44. The average molecular weight is 646 g/mol. The van der Waals surface area contributed by atoms with Crippen molar-refractivity contribution in [3.05, 3.63) is 64.7 Å². The van der Waals surface area contributed by atoms with Gasteiger partial charge in [0.25, 0.3) is 15.9 Å². The van der Waals surface area contributed by atoms with Crippen molar-refractivity contribution in [2.45, 2.75) is 69.1 Å². The van der Waals surface area contributed by atoms with Gasteiger partial charge in [0, 0.05) is 18.1 Å². The van der Waals surface area contributed by atoms with Gasteiger partial charge in [0.1, 0.15) is 18.0 Å². The number of rotatable bonds is 1. The Hall–Kier alpha value is -3.28. The first-order valence-electron chi connectivity index (χ1n) is 15.0. The predicted molar refractivity (Wildman–Crippen MR) is 167 cm³/mol. The van der Waals surface area contributed by atoms with Crippen LogP contribution in [0, 0.1) is 11.8 Å². The molecule has 2 aliphatic heterocycles. The normalized spacial score (nSPS) is 25.8. The number of nitrogens with one attached hydrogen (secondary N) is 2. The van der Waals surface area contributed by atoms with Crippen LogP contribution in [0.2, 0.25) is 5.02 Å². The number of sulfonamides is 1. The van der Waals surface area contributed by atoms with Gasteiger partial charge in [-0.3, -0.25) is 4.79 Å². The summed E-state index contributed by atoms with van der Waals surface area (Å²) < 4.78 is 46.2. The van der Waals surface area contributed by atoms with Crippen LogP contribution >= 0.6 is 11.6 Å². The van der Waals surface area contributed by atoms with E-state index < -0.39 is 27.6 Å². The number of carbonyl (C=O) groups excluding carboxylic acids is 2. The molecule has 1 aliphatic carbocycles. The second kappa shape index (κ2) is 13.4. The largest absolute Gasteiger partial charge is 0.487 e. The van der Waals surface area contributed by atoms with E-state index in [4.69, 9.17) is 25.8 Å². The molecule has 2 aromatic rings. The Morgan fingerprint density at radius 1 is 1.14 bits per heavy atom. The molecule has 2 bridgehead atoms. The SMILES string of the molecule is COC(=O)N[C@@H]1/C=C/COC(C)(C)C(=O)NS(=O)(=O)c2ccc3c(c2)N(CCCCc2cc(Cl)ccc2CO3)C[C@@H]2CC[C@H]21. The first-order valence-corrected chi connectivity index (χ1v) is 16.8. The molecular formula is C32H40ClN3O7S. The molecule has 2 heterocycles. The minimum atomic E-state index is -4.22. The van der Waals surface area contributed by atoms with E-state index in [1.807, 2.05) is 24.3 Å². The summed E-state index contributed by atoms with van der Waals surface area (Å²) in [5.74, 6) is 0.0838. The van der Waals surface area contributed by atoms with Gasteiger partial charge in [-0.1, -0.05) is 29.8 Å². The molecule has 12 heteroatoms. The molecule has 2 N–H and O–H groups in total. The zero-order valence-electron chi connectivity index (χ0n) is 25.3. The summed E-state index contributed by atoms with van der Waals surface area (Å²) >= 11 is 6.31. The third kappa shape index (κ3) is 7.33. The fourth-order valence-corrected chi connectivity index (χ4v) is 7.30. The van der Waals surface area contributed by atoms with Crippen molar-refractivity contribution < 1.29 is 32.2 Å². The van der Waals surface area contributed by atoms with Crippen molar-refractivity contribution in [2.75, 3.05) is 31.7 Å². The standard InChI is InChI=1S/C32H40ClN3O7S/c1-32(2)30(37)35-44(39,40)25-12-14-29-28(18-25)36(15-5-4-7-21-17-24(33)11-9-23(21)20-42-29)19-22-10-13-26(22)27(8-6-16-43-32)34-31(38)41-3/h6,8-9,11-12,14,17-18,22,26-27H,4-5,7,10,13,15-16,19-20H2,1-3H3,(H,34,38)(H,35,37)/b8-6+/t22-,26+,27+/m0/s1. The van der Waals surface area contributed by atoms with E-state index in [2.05, 4.69) is 14.9 Å². The van der Waals surface area contributed by atoms with Gasteiger partial charge in [0.05, 0.1) is 30.3 Å². The summed E-state index contributed by atoms with van der Waals surface area (Å²) in [4.78, 5) is 27.5. The number of halogens is 1. The lowest BCUT2D eigenvalue weighted by molar-refractivity contribution is -0.139. The number of carbonyl (C=O) groups is 2. The minimum Gasteiger partial charge on any atom is -0.487 e. The number of benzene rings is 2. The second-order valence-corrected chi connectivity index (χ2v) is 14.2. The number of methoxy groups -OCH3 is 1. The van der Waals surface area contributed by atoms with Crippen molar-refractivity contribution in [1.29, 1.82) is 0 Å². The molecule has 0 spiro atoms. The van der Waals surface area contributed by atoms with Crippen LogP contribution in [-0.4, -0.2) is 58.9 Å². The third-order valence-corrected chi connectivity index (χ3v) is 10.3. The number of alkyl carbamates (subject to hydrolysis) is 1. The number of anilines is 1. The molecule has 5 rings (SSSR count). The summed E-state index contributed by atoms with van der Waals surface area (Å²) in [6.07, 6.45) is 7.55. The maximum Gasteiger partial charge on any atom is 0.407 e. The Bertz CT molecular complexity index is 1530. The van der Waals surface area contributed by atoms with Crippen LogP contribution in [0.15, 0.2) is 53.4 Å². The number of amides is 2. The molecule has 0 saturated heterocycles. The van der Waals surface area contributed by atoms with E-state index in [0.29, 0.717) is 36.2 Å². The van der Waals surface area contributed by atoms with Crippen LogP contribution in [0.25, 0.3) is 0 Å². The van der Waals surface area contributed by atoms with Crippen molar-refractivity contribution in [2.24, 2.45) is 11.8 Å². The second-order valence-electron chi connectivity index (χ2n) is 12.1. The highest BCUT2D eigenvalue weighted by Gasteiger charge is 2.39. The van der Waals surface area contributed by atoms with E-state index in [0.717, 1.165) is 43.2 Å². The van der Waals surface area contributed by atoms with E-state index in [1.54, 1.807) is 18.2 Å². The number of ether oxygens (including phenoxy) is 3. The molecule has 1 fully saturated rings. The third-order valence-electron chi connectivity index (χ3n) is 8.78. The van der Waals surface area contributed by atoms with Crippen LogP contribution in [0.5, 0.6) is 5.75 Å². The Kier molecular flexibility index (Phi) is 9.77. The first-order chi connectivity index (χ1) is 21.0. The highest BCUT2D eigenvalue weighted by atomic mass is 35.5. The fourth-order valence-electron chi connectivity index (χ4n) is 5.98. The summed E-state index contributed by atoms with van der Waals surface area (Å²) in [7, 11) is -2.89. The fraction of sp³-hybridized carbons (Fsp3) is 0.500. The molecule has 2 aromatic carbocycles. The van der Waals surface area contributed by atoms with Gasteiger partial charge in [-0.2, -0.15) is 0 Å². The lowest BCUT2D eigenvalue weighted by Crippen LogP contribution is -2.49. The molecule has 10 nitrogen and oxygen atoms in total. The highest BCUT2D eigenvalue weighted by molar-refractivity contribution is 7.90. The maximum absolute atomic E-state index is 13.5. The predicted octanol–water partition coefficient (Wildman–Crippen LogP) is 4.98. The zero-order valence-corrected chi connectivity index (χ0v) is 26.9. The molecule has 0 radical (unpaired) electrons. The molecule has 2 amide bonds. The van der Waals surface area contributed by atoms with Crippen LogP contribution in [0.1, 0.15) is 50.7 Å². The van der Waals surface area contributed by atoms with Crippen LogP contribution < -0.4 is 19.7 Å². The monoisotopic (exact) mass is 645 g/mol. The maximum atomic E-state index is 13.5. The van der Waals surface area contributed by atoms with Gasteiger partial charge in [0.15, 0.2) is 0 Å². The zero-order chi connectivity index (χ0) is 31.5. The molecule has 1 saturated carbocycles. The number of hydrogen-bond acceptors (Lipinski definition) is 8. The molecule has 0 aromatic heterocycles. The number of fused-ring (bicyclic) bond motifs is 3. The smallest absolute Gasteiger partial charge is 0.407 e. The van der Waals surface area contributed by atoms with Gasteiger partial charge >= 0.3 is 6.09 Å². The summed E-state index contributed by atoms with van der Waals surface area (Å²) in [6.45, 7) is 4.66. The van der Waals surface area contributed by atoms with Crippen molar-refractivity contribution in [3.8, 4) is 5.75 Å².